The van der Waals surface area contributed by atoms with Gasteiger partial charge in [-0.2, -0.15) is 5.26 Å². The number of methoxy groups -OCH3 is 1. The van der Waals surface area contributed by atoms with Crippen molar-refractivity contribution >= 4 is 16.9 Å². The summed E-state index contributed by atoms with van der Waals surface area (Å²) in [4.78, 5) is 13.4. The number of nitrogens with one attached hydrogen (secondary N) is 2. The molecule has 1 saturated heterocycles. The first-order valence-corrected chi connectivity index (χ1v) is 10.7. The molecule has 0 unspecified atom stereocenters. The van der Waals surface area contributed by atoms with Crippen LogP contribution in [0.5, 0.6) is 5.88 Å². The van der Waals surface area contributed by atoms with Crippen molar-refractivity contribution in [2.75, 3.05) is 19.0 Å². The van der Waals surface area contributed by atoms with Crippen LogP contribution < -0.4 is 10.1 Å². The van der Waals surface area contributed by atoms with Gasteiger partial charge in [-0.25, -0.2) is 18.7 Å². The van der Waals surface area contributed by atoms with E-state index in [9.17, 15) is 4.39 Å². The maximum atomic E-state index is 15.6. The van der Waals surface area contributed by atoms with Gasteiger partial charge in [-0.15, -0.1) is 0 Å². The molecule has 0 amide bonds. The first-order chi connectivity index (χ1) is 16.5. The number of imidazole rings is 1. The van der Waals surface area contributed by atoms with Gasteiger partial charge in [0.15, 0.2) is 5.82 Å². The van der Waals surface area contributed by atoms with Crippen molar-refractivity contribution in [3.05, 3.63) is 83.9 Å². The lowest BCUT2D eigenvalue weighted by molar-refractivity contribution is 0.332. The second kappa shape index (κ2) is 9.75. The molecular formula is C25H24F2N6O. The van der Waals surface area contributed by atoms with E-state index in [1.165, 1.54) is 31.5 Å². The number of H-pyrrole nitrogens is 1. The second-order valence-electron chi connectivity index (χ2n) is 7.92. The number of nitriles is 1. The minimum atomic E-state index is -0.686. The highest BCUT2D eigenvalue weighted by molar-refractivity contribution is 5.67. The third kappa shape index (κ3) is 4.35. The number of rotatable bonds is 6. The van der Waals surface area contributed by atoms with Gasteiger partial charge in [0.05, 0.1) is 18.4 Å². The van der Waals surface area contributed by atoms with Crippen LogP contribution in [0.25, 0.3) is 5.57 Å². The number of allylic oxidation sites excluding steroid dienone is 2. The number of nitrogens with zero attached hydrogens (tertiary/aromatic N) is 4. The average molecular weight is 463 g/mol. The molecule has 174 valence electrons. The van der Waals surface area contributed by atoms with Gasteiger partial charge in [0.2, 0.25) is 5.88 Å². The van der Waals surface area contributed by atoms with Crippen molar-refractivity contribution in [3.63, 3.8) is 0 Å². The highest BCUT2D eigenvalue weighted by Gasteiger charge is 2.30. The molecule has 1 atom stereocenters. The zero-order chi connectivity index (χ0) is 24.2. The Labute approximate surface area is 196 Å². The number of hydrogen-bond acceptors (Lipinski definition) is 6. The Balaban J connectivity index is 1.65. The predicted octanol–water partition coefficient (Wildman–Crippen LogP) is 5.46. The molecule has 34 heavy (non-hydrogen) atoms. The minimum Gasteiger partial charge on any atom is -0.480 e. The zero-order valence-electron chi connectivity index (χ0n) is 18.9. The number of piperidine rings is 1. The van der Waals surface area contributed by atoms with Gasteiger partial charge in [-0.3, -0.25) is 0 Å². The van der Waals surface area contributed by atoms with Crippen molar-refractivity contribution in [1.29, 1.82) is 5.26 Å². The van der Waals surface area contributed by atoms with E-state index >= 15 is 4.39 Å². The molecule has 1 aromatic carbocycles. The van der Waals surface area contributed by atoms with Gasteiger partial charge >= 0.3 is 0 Å². The highest BCUT2D eigenvalue weighted by atomic mass is 19.1. The number of aromatic nitrogens is 3. The van der Waals surface area contributed by atoms with E-state index in [1.807, 2.05) is 17.9 Å². The van der Waals surface area contributed by atoms with Crippen molar-refractivity contribution < 1.29 is 13.5 Å². The van der Waals surface area contributed by atoms with Crippen LogP contribution in [0.15, 0.2) is 55.3 Å². The van der Waals surface area contributed by atoms with Crippen LogP contribution in [0.1, 0.15) is 42.6 Å². The van der Waals surface area contributed by atoms with Crippen molar-refractivity contribution in [2.45, 2.75) is 25.7 Å². The quantitative estimate of drug-likeness (QED) is 0.506. The summed E-state index contributed by atoms with van der Waals surface area (Å²) in [7, 11) is 1.42. The topological polar surface area (TPSA) is 89.9 Å². The number of likely N-dealkylation sites (tertiary alicyclic amines) is 1. The molecule has 1 fully saturated rings. The summed E-state index contributed by atoms with van der Waals surface area (Å²) in [5.74, 6) is -0.732. The summed E-state index contributed by atoms with van der Waals surface area (Å²) in [6.45, 7) is 6.24. The first kappa shape index (κ1) is 23.0. The van der Waals surface area contributed by atoms with Crippen LogP contribution in [-0.4, -0.2) is 33.5 Å². The van der Waals surface area contributed by atoms with E-state index in [0.29, 0.717) is 25.1 Å². The average Bonchev–Trinajstić information content (AvgIpc) is 3.40. The highest BCUT2D eigenvalue weighted by Crippen LogP contribution is 2.39. The van der Waals surface area contributed by atoms with Crippen LogP contribution in [0.3, 0.4) is 0 Å². The normalized spacial score (nSPS) is 17.1. The number of ether oxygens (including phenoxy) is 1. The number of anilines is 2. The Bertz CT molecular complexity index is 1280. The minimum absolute atomic E-state index is 0.00918. The van der Waals surface area contributed by atoms with Gasteiger partial charge in [-0.1, -0.05) is 6.58 Å². The SMILES string of the molecule is C=CN1C[C@H](c2c(F)ccc(Nc3cc(C#N)cnc3OC)c2F)CC/C1=C(/C)c1ncc[nH]1. The maximum absolute atomic E-state index is 15.6. The van der Waals surface area contributed by atoms with Crippen LogP contribution in [-0.2, 0) is 0 Å². The summed E-state index contributed by atoms with van der Waals surface area (Å²) in [6.07, 6.45) is 7.65. The molecule has 9 heteroatoms. The smallest absolute Gasteiger partial charge is 0.237 e. The molecule has 0 saturated carbocycles. The molecule has 2 N–H and O–H groups in total. The Hall–Kier alpha value is -4.19. The number of benzene rings is 1. The molecule has 3 heterocycles. The van der Waals surface area contributed by atoms with Gasteiger partial charge in [0.1, 0.15) is 23.4 Å². The molecular weight excluding hydrogens is 438 g/mol. The van der Waals surface area contributed by atoms with Gasteiger partial charge in [0.25, 0.3) is 0 Å². The van der Waals surface area contributed by atoms with E-state index in [0.717, 1.165) is 17.1 Å². The number of hydrogen-bond donors (Lipinski definition) is 2. The Morgan fingerprint density at radius 3 is 2.85 bits per heavy atom. The zero-order valence-corrected chi connectivity index (χ0v) is 18.9. The van der Waals surface area contributed by atoms with Crippen LogP contribution in [0.2, 0.25) is 0 Å². The van der Waals surface area contributed by atoms with Crippen molar-refractivity contribution in [3.8, 4) is 11.9 Å². The first-order valence-electron chi connectivity index (χ1n) is 10.7. The molecule has 1 aliphatic rings. The molecule has 4 rings (SSSR count). The molecule has 1 aliphatic heterocycles. The number of pyridine rings is 1. The number of aromatic amines is 1. The fourth-order valence-corrected chi connectivity index (χ4v) is 4.27. The molecule has 2 aromatic heterocycles. The van der Waals surface area contributed by atoms with Gasteiger partial charge < -0.3 is 19.9 Å². The summed E-state index contributed by atoms with van der Waals surface area (Å²) in [5, 5.41) is 12.1. The van der Waals surface area contributed by atoms with E-state index in [1.54, 1.807) is 18.6 Å². The summed E-state index contributed by atoms with van der Waals surface area (Å²) >= 11 is 0. The third-order valence-corrected chi connectivity index (χ3v) is 5.98. The van der Waals surface area contributed by atoms with E-state index in [2.05, 4.69) is 26.8 Å². The lowest BCUT2D eigenvalue weighted by Crippen LogP contribution is -2.30. The lowest BCUT2D eigenvalue weighted by Gasteiger charge is -2.35. The van der Waals surface area contributed by atoms with Crippen molar-refractivity contribution in [2.24, 2.45) is 0 Å². The van der Waals surface area contributed by atoms with E-state index in [-0.39, 0.29) is 22.7 Å². The maximum Gasteiger partial charge on any atom is 0.237 e. The van der Waals surface area contributed by atoms with Crippen LogP contribution in [0.4, 0.5) is 20.2 Å². The summed E-state index contributed by atoms with van der Waals surface area (Å²) in [5.41, 5.74) is 2.66. The Morgan fingerprint density at radius 2 is 2.18 bits per heavy atom. The molecule has 0 bridgehead atoms. The monoisotopic (exact) mass is 462 g/mol. The largest absolute Gasteiger partial charge is 0.480 e. The van der Waals surface area contributed by atoms with Crippen molar-refractivity contribution in [1.82, 2.24) is 19.9 Å². The molecule has 0 spiro atoms. The van der Waals surface area contributed by atoms with Crippen LogP contribution in [0, 0.1) is 23.0 Å². The predicted molar refractivity (Wildman–Crippen MR) is 125 cm³/mol. The fraction of sp³-hybridized carbons (Fsp3) is 0.240. The Morgan fingerprint density at radius 1 is 1.35 bits per heavy atom. The lowest BCUT2D eigenvalue weighted by atomic mass is 9.87. The van der Waals surface area contributed by atoms with E-state index < -0.39 is 17.6 Å². The molecule has 7 nitrogen and oxygen atoms in total. The van der Waals surface area contributed by atoms with E-state index in [4.69, 9.17) is 10.00 Å². The Kier molecular flexibility index (Phi) is 6.59. The molecule has 3 aromatic rings. The fourth-order valence-electron chi connectivity index (χ4n) is 4.27. The summed E-state index contributed by atoms with van der Waals surface area (Å²) < 4.78 is 35.8. The summed E-state index contributed by atoms with van der Waals surface area (Å²) in [6, 6.07) is 6.06. The number of halogens is 2. The van der Waals surface area contributed by atoms with Gasteiger partial charge in [-0.05, 0) is 44.2 Å². The van der Waals surface area contributed by atoms with Gasteiger partial charge in [0, 0.05) is 47.9 Å². The molecule has 0 radical (unpaired) electrons. The third-order valence-electron chi connectivity index (χ3n) is 5.98. The second-order valence-corrected chi connectivity index (χ2v) is 7.92. The standard InChI is InChI=1S/C25H24F2N6O/c1-4-33-14-17(5-8-21(33)15(2)24-29-9-10-30-24)22-18(26)6-7-19(23(22)27)32-20-11-16(12-28)13-31-25(20)34-3/h4,6-7,9-11,13,17,32H,1,5,8,14H2,2-3H3,(H,29,30)/b21-15+/t17-/m1/s1. The molecule has 0 aliphatic carbocycles. The van der Waals surface area contributed by atoms with Crippen LogP contribution >= 0.6 is 0 Å².